The Bertz CT molecular complexity index is 543. The van der Waals surface area contributed by atoms with Crippen molar-refractivity contribution in [2.24, 2.45) is 5.73 Å². The van der Waals surface area contributed by atoms with Crippen LogP contribution in [-0.4, -0.2) is 11.5 Å². The molecule has 2 rings (SSSR count). The molecule has 0 atom stereocenters. The number of rotatable bonds is 3. The van der Waals surface area contributed by atoms with E-state index in [0.29, 0.717) is 18.5 Å². The van der Waals surface area contributed by atoms with Gasteiger partial charge in [-0.3, -0.25) is 0 Å². The van der Waals surface area contributed by atoms with E-state index in [-0.39, 0.29) is 5.69 Å². The molecule has 92 valence electrons. The number of hydrogen-bond donors (Lipinski definition) is 2. The zero-order valence-electron chi connectivity index (χ0n) is 9.36. The van der Waals surface area contributed by atoms with Crippen LogP contribution in [0.5, 0.6) is 0 Å². The number of para-hydroxylation sites is 1. The van der Waals surface area contributed by atoms with E-state index in [1.54, 1.807) is 0 Å². The molecule has 0 spiro atoms. The molecular formula is C12H13BrF2N2. The highest BCUT2D eigenvalue weighted by molar-refractivity contribution is 9.09. The van der Waals surface area contributed by atoms with Gasteiger partial charge in [-0.15, -0.1) is 0 Å². The van der Waals surface area contributed by atoms with Gasteiger partial charge in [0.25, 0.3) is 0 Å². The number of aromatic amines is 1. The van der Waals surface area contributed by atoms with Crippen LogP contribution in [0.2, 0.25) is 0 Å². The molecule has 0 saturated heterocycles. The molecule has 1 heterocycles. The Morgan fingerprint density at radius 3 is 2.71 bits per heavy atom. The molecule has 0 aliphatic carbocycles. The second kappa shape index (κ2) is 4.38. The topological polar surface area (TPSA) is 41.8 Å². The molecule has 0 radical (unpaired) electrons. The van der Waals surface area contributed by atoms with Crippen molar-refractivity contribution in [3.8, 4) is 0 Å². The molecule has 0 fully saturated rings. The summed E-state index contributed by atoms with van der Waals surface area (Å²) in [4.78, 5) is -0.248. The average molecular weight is 303 g/mol. The summed E-state index contributed by atoms with van der Waals surface area (Å²) < 4.78 is 26.9. The van der Waals surface area contributed by atoms with E-state index >= 15 is 0 Å². The van der Waals surface area contributed by atoms with E-state index < -0.39 is 4.83 Å². The lowest BCUT2D eigenvalue weighted by Gasteiger charge is -2.09. The maximum atomic E-state index is 13.5. The monoisotopic (exact) mass is 302 g/mol. The Morgan fingerprint density at radius 2 is 2.12 bits per heavy atom. The predicted molar refractivity (Wildman–Crippen MR) is 68.6 cm³/mol. The third kappa shape index (κ3) is 2.21. The van der Waals surface area contributed by atoms with Gasteiger partial charge in [-0.1, -0.05) is 18.2 Å². The second-order valence-electron chi connectivity index (χ2n) is 4.01. The Hall–Kier alpha value is -0.940. The molecule has 0 unspecified atom stereocenters. The fraction of sp³-hybridized carbons (Fsp3) is 0.333. The first-order chi connectivity index (χ1) is 7.95. The number of fused-ring (bicyclic) bond motifs is 1. The summed E-state index contributed by atoms with van der Waals surface area (Å²) in [6, 6.07) is 5.59. The van der Waals surface area contributed by atoms with Crippen LogP contribution in [0.1, 0.15) is 16.8 Å². The Balaban J connectivity index is 2.75. The van der Waals surface area contributed by atoms with Gasteiger partial charge in [0.2, 0.25) is 0 Å². The van der Waals surface area contributed by atoms with Crippen LogP contribution in [0.15, 0.2) is 18.2 Å². The lowest BCUT2D eigenvalue weighted by molar-refractivity contribution is 0.109. The number of nitrogens with one attached hydrogen (secondary N) is 1. The van der Waals surface area contributed by atoms with Gasteiger partial charge in [-0.05, 0) is 46.9 Å². The van der Waals surface area contributed by atoms with Crippen LogP contribution in [0.25, 0.3) is 10.9 Å². The molecule has 3 N–H and O–H groups in total. The number of halogens is 3. The van der Waals surface area contributed by atoms with Crippen LogP contribution in [-0.2, 0) is 11.3 Å². The Morgan fingerprint density at radius 1 is 1.41 bits per heavy atom. The van der Waals surface area contributed by atoms with Gasteiger partial charge in [-0.2, -0.15) is 8.78 Å². The minimum Gasteiger partial charge on any atom is -0.352 e. The van der Waals surface area contributed by atoms with Crippen molar-refractivity contribution in [3.05, 3.63) is 35.0 Å². The van der Waals surface area contributed by atoms with Crippen molar-refractivity contribution < 1.29 is 8.78 Å². The third-order valence-corrected chi connectivity index (χ3v) is 3.22. The van der Waals surface area contributed by atoms with Crippen molar-refractivity contribution in [1.29, 1.82) is 0 Å². The van der Waals surface area contributed by atoms with E-state index in [9.17, 15) is 8.78 Å². The lowest BCUT2D eigenvalue weighted by Crippen LogP contribution is -2.10. The second-order valence-corrected chi connectivity index (χ2v) is 5.01. The molecule has 0 bridgehead atoms. The number of hydrogen-bond acceptors (Lipinski definition) is 1. The summed E-state index contributed by atoms with van der Waals surface area (Å²) >= 11 is 2.40. The Kier molecular flexibility index (Phi) is 3.23. The zero-order valence-corrected chi connectivity index (χ0v) is 10.9. The van der Waals surface area contributed by atoms with E-state index in [1.807, 2.05) is 25.1 Å². The molecule has 2 aromatic rings. The average Bonchev–Trinajstić information content (AvgIpc) is 2.59. The molecule has 2 nitrogen and oxygen atoms in total. The molecule has 0 aliphatic rings. The number of benzene rings is 1. The summed E-state index contributed by atoms with van der Waals surface area (Å²) in [6.45, 7) is 2.23. The normalized spacial score (nSPS) is 12.3. The smallest absolute Gasteiger partial charge is 0.341 e. The number of H-pyrrole nitrogens is 1. The van der Waals surface area contributed by atoms with E-state index in [0.717, 1.165) is 16.5 Å². The highest BCUT2D eigenvalue weighted by Crippen LogP contribution is 2.39. The molecule has 0 aliphatic heterocycles. The molecule has 1 aromatic heterocycles. The van der Waals surface area contributed by atoms with E-state index in [2.05, 4.69) is 20.9 Å². The highest BCUT2D eigenvalue weighted by Gasteiger charge is 2.33. The zero-order chi connectivity index (χ0) is 12.6. The SMILES string of the molecule is Cc1cccc2c(CCN)c(C(F)(F)Br)[nH]c12. The van der Waals surface area contributed by atoms with Crippen molar-refractivity contribution in [2.45, 2.75) is 18.2 Å². The van der Waals surface area contributed by atoms with Crippen molar-refractivity contribution >= 4 is 26.8 Å². The standard InChI is InChI=1S/C12H13BrF2N2/c1-7-3-2-4-8-9(5-6-16)11(12(13,14)15)17-10(7)8/h2-4,17H,5-6,16H2,1H3. The van der Waals surface area contributed by atoms with Crippen molar-refractivity contribution in [1.82, 2.24) is 4.98 Å². The van der Waals surface area contributed by atoms with Crippen LogP contribution in [0, 0.1) is 6.92 Å². The number of aromatic nitrogens is 1. The van der Waals surface area contributed by atoms with Crippen molar-refractivity contribution in [3.63, 3.8) is 0 Å². The van der Waals surface area contributed by atoms with Gasteiger partial charge in [0, 0.05) is 10.9 Å². The summed E-state index contributed by atoms with van der Waals surface area (Å²) in [7, 11) is 0. The van der Waals surface area contributed by atoms with E-state index in [1.165, 1.54) is 0 Å². The summed E-state index contributed by atoms with van der Waals surface area (Å²) in [5.74, 6) is 0. The first kappa shape index (κ1) is 12.5. The molecule has 17 heavy (non-hydrogen) atoms. The maximum Gasteiger partial charge on any atom is 0.341 e. The van der Waals surface area contributed by atoms with E-state index in [4.69, 9.17) is 5.73 Å². The summed E-state index contributed by atoms with van der Waals surface area (Å²) in [6.07, 6.45) is 0.431. The van der Waals surface area contributed by atoms with Gasteiger partial charge in [0.05, 0.1) is 0 Å². The summed E-state index contributed by atoms with van der Waals surface area (Å²) in [5, 5.41) is 0.824. The largest absolute Gasteiger partial charge is 0.352 e. The van der Waals surface area contributed by atoms with Crippen molar-refractivity contribution in [2.75, 3.05) is 6.54 Å². The number of nitrogens with two attached hydrogens (primary N) is 1. The number of alkyl halides is 3. The summed E-state index contributed by atoms with van der Waals surface area (Å²) in [5.41, 5.74) is 7.69. The Labute approximate surface area is 106 Å². The lowest BCUT2D eigenvalue weighted by atomic mass is 10.1. The van der Waals surface area contributed by atoms with Crippen LogP contribution >= 0.6 is 15.9 Å². The molecule has 1 aromatic carbocycles. The van der Waals surface area contributed by atoms with Gasteiger partial charge >= 0.3 is 4.83 Å². The quantitative estimate of drug-likeness (QED) is 0.838. The third-order valence-electron chi connectivity index (χ3n) is 2.83. The number of aryl methyl sites for hydroxylation is 1. The minimum atomic E-state index is -3.05. The molecule has 0 saturated carbocycles. The fourth-order valence-corrected chi connectivity index (χ4v) is 2.40. The fourth-order valence-electron chi connectivity index (χ4n) is 2.07. The molecular weight excluding hydrogens is 290 g/mol. The molecule has 5 heteroatoms. The van der Waals surface area contributed by atoms with Gasteiger partial charge in [0.1, 0.15) is 5.69 Å². The van der Waals surface area contributed by atoms with Gasteiger partial charge < -0.3 is 10.7 Å². The highest BCUT2D eigenvalue weighted by atomic mass is 79.9. The first-order valence-corrected chi connectivity index (χ1v) is 6.12. The van der Waals surface area contributed by atoms with Gasteiger partial charge in [-0.25, -0.2) is 0 Å². The van der Waals surface area contributed by atoms with Crippen LogP contribution < -0.4 is 5.73 Å². The first-order valence-electron chi connectivity index (χ1n) is 5.32. The predicted octanol–water partition coefficient (Wildman–Crippen LogP) is 3.42. The maximum absolute atomic E-state index is 13.5. The van der Waals surface area contributed by atoms with Crippen LogP contribution in [0.3, 0.4) is 0 Å². The van der Waals surface area contributed by atoms with Gasteiger partial charge in [0.15, 0.2) is 0 Å². The molecule has 0 amide bonds. The minimum absolute atomic E-state index is 0.0905. The van der Waals surface area contributed by atoms with Crippen LogP contribution in [0.4, 0.5) is 8.78 Å².